The highest BCUT2D eigenvalue weighted by molar-refractivity contribution is 6.31. The van der Waals surface area contributed by atoms with Crippen molar-refractivity contribution in [3.8, 4) is 11.5 Å². The minimum Gasteiger partial charge on any atom is -0.493 e. The first kappa shape index (κ1) is 18.8. The Bertz CT molecular complexity index is 1160. The lowest BCUT2D eigenvalue weighted by molar-refractivity contribution is 0.102. The number of aromatic nitrogens is 2. The number of benzene rings is 2. The smallest absolute Gasteiger partial charge is 0.272 e. The van der Waals surface area contributed by atoms with Gasteiger partial charge in [-0.25, -0.2) is 0 Å². The summed E-state index contributed by atoms with van der Waals surface area (Å²) in [6.07, 6.45) is 3.44. The van der Waals surface area contributed by atoms with Gasteiger partial charge in [0, 0.05) is 45.6 Å². The number of hydrogen-bond acceptors (Lipinski definition) is 4. The Balaban J connectivity index is 1.52. The van der Waals surface area contributed by atoms with Gasteiger partial charge in [-0.15, -0.1) is 0 Å². The van der Waals surface area contributed by atoms with Gasteiger partial charge in [-0.05, 0) is 42.5 Å². The lowest BCUT2D eigenvalue weighted by atomic mass is 10.2. The van der Waals surface area contributed by atoms with E-state index >= 15 is 0 Å². The molecule has 0 fully saturated rings. The number of carbonyl (C=O) groups excluding carboxylic acids is 1. The van der Waals surface area contributed by atoms with Crippen LogP contribution in [0.4, 0.5) is 5.69 Å². The molecule has 0 aliphatic rings. The third-order valence-corrected chi connectivity index (χ3v) is 4.60. The molecule has 0 saturated carbocycles. The number of anilines is 1. The molecule has 0 atom stereocenters. The molecule has 1 amide bonds. The van der Waals surface area contributed by atoms with Crippen molar-refractivity contribution in [3.05, 3.63) is 83.3 Å². The van der Waals surface area contributed by atoms with Crippen LogP contribution in [0.15, 0.2) is 67.0 Å². The van der Waals surface area contributed by atoms with Gasteiger partial charge in [0.05, 0.1) is 7.11 Å². The van der Waals surface area contributed by atoms with Crippen LogP contribution in [0.1, 0.15) is 16.1 Å². The number of methoxy groups -OCH3 is 1. The first-order valence-corrected chi connectivity index (χ1v) is 9.29. The predicted molar refractivity (Wildman–Crippen MR) is 113 cm³/mol. The summed E-state index contributed by atoms with van der Waals surface area (Å²) in [5, 5.41) is 4.37. The van der Waals surface area contributed by atoms with Gasteiger partial charge in [-0.2, -0.15) is 0 Å². The number of amides is 1. The van der Waals surface area contributed by atoms with Gasteiger partial charge in [0.15, 0.2) is 11.5 Å². The van der Waals surface area contributed by atoms with Crippen molar-refractivity contribution in [2.45, 2.75) is 6.61 Å². The van der Waals surface area contributed by atoms with Crippen molar-refractivity contribution < 1.29 is 14.3 Å². The zero-order valence-corrected chi connectivity index (χ0v) is 16.4. The minimum atomic E-state index is -0.263. The Morgan fingerprint density at radius 3 is 2.83 bits per heavy atom. The maximum atomic E-state index is 12.7. The fourth-order valence-electron chi connectivity index (χ4n) is 2.94. The van der Waals surface area contributed by atoms with Crippen molar-refractivity contribution in [2.75, 3.05) is 12.4 Å². The summed E-state index contributed by atoms with van der Waals surface area (Å²) in [5.41, 5.74) is 2.81. The van der Waals surface area contributed by atoms with Crippen LogP contribution in [-0.4, -0.2) is 23.0 Å². The molecule has 0 unspecified atom stereocenters. The van der Waals surface area contributed by atoms with Gasteiger partial charge in [-0.3, -0.25) is 9.78 Å². The Labute approximate surface area is 172 Å². The Kier molecular flexibility index (Phi) is 5.35. The van der Waals surface area contributed by atoms with Crippen LogP contribution in [-0.2, 0) is 6.61 Å². The molecule has 2 aromatic carbocycles. The molecular weight excluding hydrogens is 390 g/mol. The Morgan fingerprint density at radius 2 is 2.03 bits per heavy atom. The Morgan fingerprint density at radius 1 is 1.14 bits per heavy atom. The van der Waals surface area contributed by atoms with Crippen LogP contribution in [0.2, 0.25) is 5.02 Å². The van der Waals surface area contributed by atoms with E-state index in [1.807, 2.05) is 24.3 Å². The maximum absolute atomic E-state index is 12.7. The number of rotatable bonds is 6. The predicted octanol–water partition coefficient (Wildman–Crippen LogP) is 5.06. The van der Waals surface area contributed by atoms with Crippen LogP contribution in [0.3, 0.4) is 0 Å². The fourth-order valence-corrected chi connectivity index (χ4v) is 3.12. The first-order chi connectivity index (χ1) is 14.1. The number of carbonyl (C=O) groups is 1. The highest BCUT2D eigenvalue weighted by atomic mass is 35.5. The summed E-state index contributed by atoms with van der Waals surface area (Å²) >= 11 is 6.01. The normalized spacial score (nSPS) is 10.7. The molecule has 146 valence electrons. The third-order valence-electron chi connectivity index (χ3n) is 4.37. The van der Waals surface area contributed by atoms with Gasteiger partial charge in [0.25, 0.3) is 5.91 Å². The summed E-state index contributed by atoms with van der Waals surface area (Å²) in [4.78, 5) is 19.8. The van der Waals surface area contributed by atoms with Crippen LogP contribution in [0.25, 0.3) is 10.9 Å². The van der Waals surface area contributed by atoms with Crippen LogP contribution < -0.4 is 14.8 Å². The SMILES string of the molecule is COc1ccc(NC(=O)c2cc3cc(Cl)ccc3[nH]2)cc1OCc1cccnc1. The number of nitrogens with zero attached hydrogens (tertiary/aromatic N) is 1. The van der Waals surface area contributed by atoms with E-state index < -0.39 is 0 Å². The van der Waals surface area contributed by atoms with Gasteiger partial charge in [-0.1, -0.05) is 17.7 Å². The fraction of sp³-hybridized carbons (Fsp3) is 0.0909. The quantitative estimate of drug-likeness (QED) is 0.468. The highest BCUT2D eigenvalue weighted by Gasteiger charge is 2.12. The van der Waals surface area contributed by atoms with E-state index in [1.54, 1.807) is 49.8 Å². The Hall–Kier alpha value is -3.51. The second-order valence-corrected chi connectivity index (χ2v) is 6.82. The molecule has 0 spiro atoms. The summed E-state index contributed by atoms with van der Waals surface area (Å²) in [6.45, 7) is 0.338. The molecule has 7 heteroatoms. The van der Waals surface area contributed by atoms with Gasteiger partial charge >= 0.3 is 0 Å². The molecule has 4 aromatic rings. The zero-order valence-electron chi connectivity index (χ0n) is 15.6. The second-order valence-electron chi connectivity index (χ2n) is 6.38. The number of pyridine rings is 1. The summed E-state index contributed by atoms with van der Waals surface area (Å²) in [5.74, 6) is 0.838. The average Bonchev–Trinajstić information content (AvgIpc) is 3.16. The van der Waals surface area contributed by atoms with Crippen molar-refractivity contribution in [1.29, 1.82) is 0 Å². The van der Waals surface area contributed by atoms with Crippen molar-refractivity contribution in [1.82, 2.24) is 9.97 Å². The number of hydrogen-bond donors (Lipinski definition) is 2. The largest absolute Gasteiger partial charge is 0.493 e. The van der Waals surface area contributed by atoms with Gasteiger partial charge in [0.2, 0.25) is 0 Å². The molecule has 0 aliphatic heterocycles. The number of aromatic amines is 1. The number of ether oxygens (including phenoxy) is 2. The number of halogens is 1. The number of fused-ring (bicyclic) bond motifs is 1. The lowest BCUT2D eigenvalue weighted by Gasteiger charge is -2.13. The highest BCUT2D eigenvalue weighted by Crippen LogP contribution is 2.31. The average molecular weight is 408 g/mol. The van der Waals surface area contributed by atoms with Crippen LogP contribution >= 0.6 is 11.6 Å². The molecule has 2 heterocycles. The number of H-pyrrole nitrogens is 1. The van der Waals surface area contributed by atoms with Crippen LogP contribution in [0.5, 0.6) is 11.5 Å². The minimum absolute atomic E-state index is 0.263. The zero-order chi connectivity index (χ0) is 20.2. The molecule has 0 bridgehead atoms. The van der Waals surface area contributed by atoms with E-state index in [-0.39, 0.29) is 5.91 Å². The second kappa shape index (κ2) is 8.24. The van der Waals surface area contributed by atoms with E-state index in [0.29, 0.717) is 34.5 Å². The van der Waals surface area contributed by atoms with E-state index in [9.17, 15) is 4.79 Å². The monoisotopic (exact) mass is 407 g/mol. The molecule has 0 aliphatic carbocycles. The van der Waals surface area contributed by atoms with Crippen LogP contribution in [0, 0.1) is 0 Å². The standard InChI is InChI=1S/C22H18ClN3O3/c1-28-20-7-5-17(11-21(20)29-13-14-3-2-8-24-12-14)25-22(27)19-10-15-9-16(23)4-6-18(15)26-19/h2-12,26H,13H2,1H3,(H,25,27). The summed E-state index contributed by atoms with van der Waals surface area (Å²) in [7, 11) is 1.57. The third kappa shape index (κ3) is 4.33. The van der Waals surface area contributed by atoms with Gasteiger partial charge < -0.3 is 19.8 Å². The maximum Gasteiger partial charge on any atom is 0.272 e. The molecule has 2 aromatic heterocycles. The van der Waals surface area contributed by atoms with E-state index in [1.165, 1.54) is 0 Å². The number of nitrogens with one attached hydrogen (secondary N) is 2. The molecule has 29 heavy (non-hydrogen) atoms. The van der Waals surface area contributed by atoms with E-state index in [2.05, 4.69) is 15.3 Å². The molecule has 2 N–H and O–H groups in total. The van der Waals surface area contributed by atoms with Gasteiger partial charge in [0.1, 0.15) is 12.3 Å². The van der Waals surface area contributed by atoms with Crippen molar-refractivity contribution in [3.63, 3.8) is 0 Å². The van der Waals surface area contributed by atoms with E-state index in [4.69, 9.17) is 21.1 Å². The summed E-state index contributed by atoms with van der Waals surface area (Å²) < 4.78 is 11.2. The lowest BCUT2D eigenvalue weighted by Crippen LogP contribution is -2.12. The van der Waals surface area contributed by atoms with E-state index in [0.717, 1.165) is 16.5 Å². The van der Waals surface area contributed by atoms with Crippen molar-refractivity contribution in [2.24, 2.45) is 0 Å². The molecule has 6 nitrogen and oxygen atoms in total. The van der Waals surface area contributed by atoms with Crippen molar-refractivity contribution >= 4 is 34.1 Å². The first-order valence-electron chi connectivity index (χ1n) is 8.92. The summed E-state index contributed by atoms with van der Waals surface area (Å²) in [6, 6.07) is 16.2. The molecule has 0 radical (unpaired) electrons. The molecule has 0 saturated heterocycles. The molecular formula is C22H18ClN3O3. The topological polar surface area (TPSA) is 76.2 Å². The molecule has 4 rings (SSSR count).